The number of hydrogen-bond acceptors (Lipinski definition) is 5. The van der Waals surface area contributed by atoms with Crippen LogP contribution in [0.25, 0.3) is 20.8 Å². The van der Waals surface area contributed by atoms with Crippen molar-refractivity contribution in [3.63, 3.8) is 0 Å². The van der Waals surface area contributed by atoms with Gasteiger partial charge in [0, 0.05) is 17.3 Å². The van der Waals surface area contributed by atoms with E-state index in [2.05, 4.69) is 16.0 Å². The summed E-state index contributed by atoms with van der Waals surface area (Å²) in [5.41, 5.74) is 3.27. The zero-order chi connectivity index (χ0) is 17.2. The third kappa shape index (κ3) is 3.22. The minimum absolute atomic E-state index is 0.0765. The van der Waals surface area contributed by atoms with E-state index in [-0.39, 0.29) is 11.5 Å². The van der Waals surface area contributed by atoms with Crippen molar-refractivity contribution in [2.24, 2.45) is 4.99 Å². The van der Waals surface area contributed by atoms with E-state index in [0.29, 0.717) is 5.56 Å². The molecule has 0 amide bonds. The van der Waals surface area contributed by atoms with Crippen LogP contribution in [-0.2, 0) is 0 Å². The zero-order valence-electron chi connectivity index (χ0n) is 13.1. The molecule has 2 N–H and O–H groups in total. The Labute approximate surface area is 148 Å². The molecule has 0 fully saturated rings. The third-order valence-corrected chi connectivity index (χ3v) is 4.86. The molecule has 5 heteroatoms. The molecule has 0 radical (unpaired) electrons. The fraction of sp³-hybridized carbons (Fsp3) is 0. The first-order valence-electron chi connectivity index (χ1n) is 7.71. The van der Waals surface area contributed by atoms with Gasteiger partial charge in [-0.2, -0.15) is 0 Å². The number of aliphatic imine (C=N–C) groups is 1. The minimum Gasteiger partial charge on any atom is -0.508 e. The smallest absolute Gasteiger partial charge is 0.124 e. The maximum atomic E-state index is 9.77. The van der Waals surface area contributed by atoms with Crippen LogP contribution in [-0.4, -0.2) is 21.4 Å². The summed E-state index contributed by atoms with van der Waals surface area (Å²) in [5, 5.41) is 20.2. The Kier molecular flexibility index (Phi) is 3.91. The number of phenolic OH excluding ortho intramolecular Hbond substituents is 2. The van der Waals surface area contributed by atoms with Crippen LogP contribution >= 0.6 is 11.3 Å². The van der Waals surface area contributed by atoms with E-state index in [1.54, 1.807) is 11.3 Å². The van der Waals surface area contributed by atoms with Gasteiger partial charge in [0.05, 0.1) is 15.9 Å². The molecule has 3 aromatic carbocycles. The summed E-state index contributed by atoms with van der Waals surface area (Å²) in [6, 6.07) is 20.2. The summed E-state index contributed by atoms with van der Waals surface area (Å²) in [6.07, 6.45) is 1.53. The lowest BCUT2D eigenvalue weighted by Crippen LogP contribution is -1.82. The number of rotatable bonds is 3. The van der Waals surface area contributed by atoms with E-state index in [4.69, 9.17) is 0 Å². The van der Waals surface area contributed by atoms with Crippen LogP contribution in [0.1, 0.15) is 5.56 Å². The van der Waals surface area contributed by atoms with Crippen molar-refractivity contribution < 1.29 is 10.2 Å². The standard InChI is InChI=1S/C20H14N2O2S/c23-16-9-10-18(24)14(11-16)12-21-15-7-5-13(6-8-15)20-22-17-3-1-2-4-19(17)25-20/h1-12,23-24H. The first-order chi connectivity index (χ1) is 12.2. The summed E-state index contributed by atoms with van der Waals surface area (Å²) in [4.78, 5) is 8.99. The molecule has 1 heterocycles. The number of fused-ring (bicyclic) bond motifs is 1. The highest BCUT2D eigenvalue weighted by Crippen LogP contribution is 2.31. The molecule has 0 bridgehead atoms. The maximum Gasteiger partial charge on any atom is 0.124 e. The molecule has 0 saturated carbocycles. The van der Waals surface area contributed by atoms with Gasteiger partial charge in [-0.05, 0) is 54.6 Å². The van der Waals surface area contributed by atoms with Gasteiger partial charge < -0.3 is 10.2 Å². The Balaban J connectivity index is 1.59. The predicted molar refractivity (Wildman–Crippen MR) is 102 cm³/mol. The largest absolute Gasteiger partial charge is 0.508 e. The van der Waals surface area contributed by atoms with Gasteiger partial charge in [0.15, 0.2) is 0 Å². The number of thiazole rings is 1. The Bertz CT molecular complexity index is 1040. The quantitative estimate of drug-likeness (QED) is 0.399. The molecular weight excluding hydrogens is 332 g/mol. The molecule has 0 unspecified atom stereocenters. The lowest BCUT2D eigenvalue weighted by atomic mass is 10.2. The molecule has 122 valence electrons. The number of hydrogen-bond donors (Lipinski definition) is 2. The van der Waals surface area contributed by atoms with Gasteiger partial charge in [-0.1, -0.05) is 12.1 Å². The van der Waals surface area contributed by atoms with Crippen molar-refractivity contribution in [1.82, 2.24) is 4.98 Å². The van der Waals surface area contributed by atoms with Crippen LogP contribution in [0.2, 0.25) is 0 Å². The maximum absolute atomic E-state index is 9.77. The first-order valence-corrected chi connectivity index (χ1v) is 8.53. The lowest BCUT2D eigenvalue weighted by molar-refractivity contribution is 0.459. The Morgan fingerprint density at radius 2 is 1.72 bits per heavy atom. The molecule has 0 aliphatic heterocycles. The summed E-state index contributed by atoms with van der Waals surface area (Å²) in [5.74, 6) is 0.165. The lowest BCUT2D eigenvalue weighted by Gasteiger charge is -2.00. The number of aromatic nitrogens is 1. The average molecular weight is 346 g/mol. The molecule has 4 aromatic rings. The van der Waals surface area contributed by atoms with Gasteiger partial charge >= 0.3 is 0 Å². The van der Waals surface area contributed by atoms with E-state index in [1.165, 1.54) is 29.1 Å². The van der Waals surface area contributed by atoms with Crippen LogP contribution < -0.4 is 0 Å². The molecule has 0 saturated heterocycles. The second-order valence-corrected chi connectivity index (χ2v) is 6.57. The molecular formula is C20H14N2O2S. The van der Waals surface area contributed by atoms with Gasteiger partial charge in [-0.3, -0.25) is 4.99 Å². The first kappa shape index (κ1) is 15.4. The summed E-state index contributed by atoms with van der Waals surface area (Å²) < 4.78 is 1.17. The van der Waals surface area contributed by atoms with E-state index >= 15 is 0 Å². The van der Waals surface area contributed by atoms with Gasteiger partial charge in [-0.25, -0.2) is 4.98 Å². The van der Waals surface area contributed by atoms with Crippen molar-refractivity contribution in [3.8, 4) is 22.1 Å². The normalized spacial score (nSPS) is 11.4. The topological polar surface area (TPSA) is 65.7 Å². The van der Waals surface area contributed by atoms with E-state index < -0.39 is 0 Å². The zero-order valence-corrected chi connectivity index (χ0v) is 13.9. The average Bonchev–Trinajstić information content (AvgIpc) is 3.07. The second-order valence-electron chi connectivity index (χ2n) is 5.53. The fourth-order valence-corrected chi connectivity index (χ4v) is 3.45. The Hall–Kier alpha value is -3.18. The van der Waals surface area contributed by atoms with E-state index in [9.17, 15) is 10.2 Å². The number of phenols is 2. The van der Waals surface area contributed by atoms with Crippen LogP contribution in [0.5, 0.6) is 11.5 Å². The van der Waals surface area contributed by atoms with Crippen LogP contribution in [0.3, 0.4) is 0 Å². The number of para-hydroxylation sites is 1. The molecule has 4 rings (SSSR count). The van der Waals surface area contributed by atoms with E-state index in [0.717, 1.165) is 21.8 Å². The predicted octanol–water partition coefficient (Wildman–Crippen LogP) is 5.13. The SMILES string of the molecule is Oc1ccc(O)c(C=Nc2ccc(-c3nc4ccccc4s3)cc2)c1. The van der Waals surface area contributed by atoms with Crippen molar-refractivity contribution >= 4 is 33.5 Å². The Morgan fingerprint density at radius 3 is 2.52 bits per heavy atom. The third-order valence-electron chi connectivity index (χ3n) is 3.77. The molecule has 4 nitrogen and oxygen atoms in total. The van der Waals surface area contributed by atoms with Crippen molar-refractivity contribution in [2.75, 3.05) is 0 Å². The van der Waals surface area contributed by atoms with Crippen LogP contribution in [0, 0.1) is 0 Å². The number of benzene rings is 3. The Morgan fingerprint density at radius 1 is 0.920 bits per heavy atom. The fourth-order valence-electron chi connectivity index (χ4n) is 2.48. The monoisotopic (exact) mass is 346 g/mol. The minimum atomic E-state index is 0.0765. The van der Waals surface area contributed by atoms with Gasteiger partial charge in [-0.15, -0.1) is 11.3 Å². The number of aromatic hydroxyl groups is 2. The highest BCUT2D eigenvalue weighted by molar-refractivity contribution is 7.21. The highest BCUT2D eigenvalue weighted by atomic mass is 32.1. The summed E-state index contributed by atoms with van der Waals surface area (Å²) >= 11 is 1.66. The van der Waals surface area contributed by atoms with Crippen molar-refractivity contribution in [1.29, 1.82) is 0 Å². The number of nitrogens with zero attached hydrogens (tertiary/aromatic N) is 2. The van der Waals surface area contributed by atoms with Gasteiger partial charge in [0.25, 0.3) is 0 Å². The summed E-state index contributed by atoms with van der Waals surface area (Å²) in [7, 11) is 0. The molecule has 0 aliphatic carbocycles. The molecule has 0 aliphatic rings. The van der Waals surface area contributed by atoms with Crippen LogP contribution in [0.15, 0.2) is 71.7 Å². The van der Waals surface area contributed by atoms with Crippen LogP contribution in [0.4, 0.5) is 5.69 Å². The summed E-state index contributed by atoms with van der Waals surface area (Å²) in [6.45, 7) is 0. The van der Waals surface area contributed by atoms with Crippen molar-refractivity contribution in [2.45, 2.75) is 0 Å². The highest BCUT2D eigenvalue weighted by Gasteiger charge is 2.05. The van der Waals surface area contributed by atoms with Gasteiger partial charge in [0.2, 0.25) is 0 Å². The van der Waals surface area contributed by atoms with E-state index in [1.807, 2.05) is 42.5 Å². The molecule has 25 heavy (non-hydrogen) atoms. The van der Waals surface area contributed by atoms with Gasteiger partial charge in [0.1, 0.15) is 16.5 Å². The van der Waals surface area contributed by atoms with Crippen molar-refractivity contribution in [3.05, 3.63) is 72.3 Å². The second kappa shape index (κ2) is 6.37. The molecule has 1 aromatic heterocycles. The molecule has 0 atom stereocenters. The molecule has 0 spiro atoms.